The standard InChI is InChI=1S/C20H18N4O3/c1-21-20(26)18-12-17(9-11-23-18)27-16-5-3-15(4-6-16)24-19(25)7-2-14-8-10-22-13-14/h2-13,22H,1H3,(H,21,26)(H,24,25)/b7-2+. The number of rotatable bonds is 6. The number of pyridine rings is 1. The third-order valence-electron chi connectivity index (χ3n) is 3.60. The molecule has 7 nitrogen and oxygen atoms in total. The minimum absolute atomic E-state index is 0.228. The van der Waals surface area contributed by atoms with Crippen LogP contribution in [-0.4, -0.2) is 28.8 Å². The Balaban J connectivity index is 1.60. The van der Waals surface area contributed by atoms with Crippen molar-refractivity contribution in [3.05, 3.63) is 78.4 Å². The first kappa shape index (κ1) is 17.9. The van der Waals surface area contributed by atoms with Crippen LogP contribution in [0.4, 0.5) is 5.69 Å². The predicted octanol–water partition coefficient (Wildman–Crippen LogP) is 3.21. The summed E-state index contributed by atoms with van der Waals surface area (Å²) in [6, 6.07) is 12.0. The molecule has 136 valence electrons. The Morgan fingerprint density at radius 3 is 2.63 bits per heavy atom. The molecule has 3 rings (SSSR count). The number of amides is 2. The van der Waals surface area contributed by atoms with Crippen molar-refractivity contribution in [2.24, 2.45) is 0 Å². The van der Waals surface area contributed by atoms with Gasteiger partial charge in [-0.15, -0.1) is 0 Å². The van der Waals surface area contributed by atoms with Crippen molar-refractivity contribution < 1.29 is 14.3 Å². The minimum atomic E-state index is -0.286. The lowest BCUT2D eigenvalue weighted by molar-refractivity contribution is -0.111. The smallest absolute Gasteiger partial charge is 0.269 e. The molecule has 2 aromatic heterocycles. The molecule has 0 saturated heterocycles. The molecule has 3 aromatic rings. The second-order valence-corrected chi connectivity index (χ2v) is 5.55. The summed E-state index contributed by atoms with van der Waals surface area (Å²) in [6.07, 6.45) is 8.27. The fraction of sp³-hybridized carbons (Fsp3) is 0.0500. The molecular formula is C20H18N4O3. The summed E-state index contributed by atoms with van der Waals surface area (Å²) >= 11 is 0. The minimum Gasteiger partial charge on any atom is -0.457 e. The lowest BCUT2D eigenvalue weighted by atomic mass is 10.2. The highest BCUT2D eigenvalue weighted by Crippen LogP contribution is 2.23. The Bertz CT molecular complexity index is 948. The summed E-state index contributed by atoms with van der Waals surface area (Å²) in [5, 5.41) is 5.29. The van der Waals surface area contributed by atoms with E-state index < -0.39 is 0 Å². The van der Waals surface area contributed by atoms with Crippen LogP contribution in [0.3, 0.4) is 0 Å². The third-order valence-corrected chi connectivity index (χ3v) is 3.60. The van der Waals surface area contributed by atoms with E-state index in [-0.39, 0.29) is 17.5 Å². The van der Waals surface area contributed by atoms with E-state index in [2.05, 4.69) is 20.6 Å². The summed E-state index contributed by atoms with van der Waals surface area (Å²) in [4.78, 5) is 30.5. The molecule has 0 saturated carbocycles. The summed E-state index contributed by atoms with van der Waals surface area (Å²) in [6.45, 7) is 0. The number of hydrogen-bond donors (Lipinski definition) is 3. The van der Waals surface area contributed by atoms with Crippen molar-refractivity contribution in [1.29, 1.82) is 0 Å². The Hall–Kier alpha value is -3.87. The predicted molar refractivity (Wildman–Crippen MR) is 103 cm³/mol. The fourth-order valence-electron chi connectivity index (χ4n) is 2.27. The van der Waals surface area contributed by atoms with Gasteiger partial charge in [-0.05, 0) is 48.0 Å². The summed E-state index contributed by atoms with van der Waals surface area (Å²) in [7, 11) is 1.54. The topological polar surface area (TPSA) is 96.1 Å². The van der Waals surface area contributed by atoms with E-state index in [1.54, 1.807) is 54.9 Å². The highest BCUT2D eigenvalue weighted by atomic mass is 16.5. The number of carbonyl (C=O) groups is 2. The second kappa shape index (κ2) is 8.48. The van der Waals surface area contributed by atoms with E-state index in [9.17, 15) is 9.59 Å². The maximum atomic E-state index is 11.9. The first-order valence-electron chi connectivity index (χ1n) is 8.22. The number of benzene rings is 1. The van der Waals surface area contributed by atoms with Gasteiger partial charge in [0.1, 0.15) is 17.2 Å². The molecule has 27 heavy (non-hydrogen) atoms. The van der Waals surface area contributed by atoms with E-state index in [0.29, 0.717) is 17.2 Å². The van der Waals surface area contributed by atoms with Gasteiger partial charge in [-0.1, -0.05) is 0 Å². The number of H-pyrrole nitrogens is 1. The average molecular weight is 362 g/mol. The molecular weight excluding hydrogens is 344 g/mol. The van der Waals surface area contributed by atoms with Crippen LogP contribution in [0.1, 0.15) is 16.1 Å². The molecule has 0 aliphatic carbocycles. The number of anilines is 1. The number of aromatic amines is 1. The molecule has 7 heteroatoms. The van der Waals surface area contributed by atoms with E-state index >= 15 is 0 Å². The van der Waals surface area contributed by atoms with E-state index in [1.165, 1.54) is 19.3 Å². The fourth-order valence-corrected chi connectivity index (χ4v) is 2.27. The lowest BCUT2D eigenvalue weighted by Gasteiger charge is -2.08. The first-order valence-corrected chi connectivity index (χ1v) is 8.22. The Morgan fingerprint density at radius 1 is 1.11 bits per heavy atom. The van der Waals surface area contributed by atoms with E-state index in [4.69, 9.17) is 4.74 Å². The summed E-state index contributed by atoms with van der Waals surface area (Å²) < 4.78 is 5.72. The summed E-state index contributed by atoms with van der Waals surface area (Å²) in [5.41, 5.74) is 1.84. The zero-order valence-corrected chi connectivity index (χ0v) is 14.6. The lowest BCUT2D eigenvalue weighted by Crippen LogP contribution is -2.18. The molecule has 1 aromatic carbocycles. The third kappa shape index (κ3) is 5.05. The molecule has 3 N–H and O–H groups in total. The quantitative estimate of drug-likeness (QED) is 0.587. The highest BCUT2D eigenvalue weighted by molar-refractivity contribution is 6.01. The highest BCUT2D eigenvalue weighted by Gasteiger charge is 2.07. The van der Waals surface area contributed by atoms with Gasteiger partial charge in [0.05, 0.1) is 0 Å². The SMILES string of the molecule is CNC(=O)c1cc(Oc2ccc(NC(=O)/C=C/c3cc[nH]c3)cc2)ccn1. The number of ether oxygens (including phenoxy) is 1. The molecule has 0 aliphatic heterocycles. The van der Waals surface area contributed by atoms with Gasteiger partial charge in [-0.2, -0.15) is 0 Å². The van der Waals surface area contributed by atoms with Crippen LogP contribution < -0.4 is 15.4 Å². The largest absolute Gasteiger partial charge is 0.457 e. The van der Waals surface area contributed by atoms with Crippen LogP contribution >= 0.6 is 0 Å². The number of nitrogens with zero attached hydrogens (tertiary/aromatic N) is 1. The number of nitrogens with one attached hydrogen (secondary N) is 3. The van der Waals surface area contributed by atoms with Crippen molar-refractivity contribution in [3.63, 3.8) is 0 Å². The molecule has 0 fully saturated rings. The monoisotopic (exact) mass is 362 g/mol. The molecule has 2 amide bonds. The van der Waals surface area contributed by atoms with Crippen molar-refractivity contribution in [3.8, 4) is 11.5 Å². The maximum absolute atomic E-state index is 11.9. The molecule has 0 unspecified atom stereocenters. The molecule has 0 spiro atoms. The van der Waals surface area contributed by atoms with E-state index in [0.717, 1.165) is 5.56 Å². The Kier molecular flexibility index (Phi) is 5.64. The average Bonchev–Trinajstić information content (AvgIpc) is 3.21. The van der Waals surface area contributed by atoms with Gasteiger partial charge in [0.15, 0.2) is 0 Å². The molecule has 0 bridgehead atoms. The zero-order valence-electron chi connectivity index (χ0n) is 14.6. The van der Waals surface area contributed by atoms with Crippen LogP contribution in [0.15, 0.2) is 67.1 Å². The van der Waals surface area contributed by atoms with Crippen LogP contribution in [0, 0.1) is 0 Å². The number of hydrogen-bond acceptors (Lipinski definition) is 4. The van der Waals surface area contributed by atoms with Crippen LogP contribution in [0.25, 0.3) is 6.08 Å². The first-order chi connectivity index (χ1) is 13.1. The molecule has 0 radical (unpaired) electrons. The normalized spacial score (nSPS) is 10.6. The van der Waals surface area contributed by atoms with Crippen molar-refractivity contribution >= 4 is 23.6 Å². The number of carbonyl (C=O) groups excluding carboxylic acids is 2. The van der Waals surface area contributed by atoms with Gasteiger partial charge in [-0.25, -0.2) is 0 Å². The van der Waals surface area contributed by atoms with Crippen molar-refractivity contribution in [1.82, 2.24) is 15.3 Å². The van der Waals surface area contributed by atoms with Gasteiger partial charge in [0.2, 0.25) is 5.91 Å². The maximum Gasteiger partial charge on any atom is 0.269 e. The van der Waals surface area contributed by atoms with Gasteiger partial charge < -0.3 is 20.4 Å². The van der Waals surface area contributed by atoms with E-state index in [1.807, 2.05) is 6.07 Å². The molecule has 0 atom stereocenters. The van der Waals surface area contributed by atoms with Gasteiger partial charge in [-0.3, -0.25) is 14.6 Å². The van der Waals surface area contributed by atoms with Crippen molar-refractivity contribution in [2.45, 2.75) is 0 Å². The van der Waals surface area contributed by atoms with Crippen LogP contribution in [0.2, 0.25) is 0 Å². The van der Waals surface area contributed by atoms with Gasteiger partial charge >= 0.3 is 0 Å². The second-order valence-electron chi connectivity index (χ2n) is 5.55. The summed E-state index contributed by atoms with van der Waals surface area (Å²) in [5.74, 6) is 0.556. The van der Waals surface area contributed by atoms with Crippen molar-refractivity contribution in [2.75, 3.05) is 12.4 Å². The van der Waals surface area contributed by atoms with Gasteiger partial charge in [0, 0.05) is 43.5 Å². The van der Waals surface area contributed by atoms with Crippen LogP contribution in [-0.2, 0) is 4.79 Å². The van der Waals surface area contributed by atoms with Gasteiger partial charge in [0.25, 0.3) is 5.91 Å². The molecule has 2 heterocycles. The van der Waals surface area contributed by atoms with Crippen LogP contribution in [0.5, 0.6) is 11.5 Å². The number of aromatic nitrogens is 2. The molecule has 0 aliphatic rings. The zero-order chi connectivity index (χ0) is 19.1. The Morgan fingerprint density at radius 2 is 1.93 bits per heavy atom. The Labute approximate surface area is 156 Å².